The van der Waals surface area contributed by atoms with Crippen molar-refractivity contribution in [3.63, 3.8) is 0 Å². The minimum absolute atomic E-state index is 0.687. The summed E-state index contributed by atoms with van der Waals surface area (Å²) in [6, 6.07) is 0. The Morgan fingerprint density at radius 1 is 1.15 bits per heavy atom. The first-order chi connectivity index (χ1) is 6.18. The summed E-state index contributed by atoms with van der Waals surface area (Å²) in [7, 11) is 2.20. The Kier molecular flexibility index (Phi) is 4.46. The Morgan fingerprint density at radius 3 is 2.31 bits per heavy atom. The van der Waals surface area contributed by atoms with Gasteiger partial charge in [-0.15, -0.1) is 0 Å². The van der Waals surface area contributed by atoms with Crippen LogP contribution in [0.15, 0.2) is 12.2 Å². The maximum Gasteiger partial charge on any atom is 0.0164 e. The fraction of sp³-hybridized carbons (Fsp3) is 0.818. The molecule has 1 heterocycles. The molecule has 1 aliphatic rings. The van der Waals surface area contributed by atoms with Crippen LogP contribution in [0.25, 0.3) is 0 Å². The first-order valence-corrected chi connectivity index (χ1v) is 5.26. The van der Waals surface area contributed by atoms with Crippen molar-refractivity contribution in [3.8, 4) is 0 Å². The van der Waals surface area contributed by atoms with Crippen molar-refractivity contribution in [3.05, 3.63) is 12.2 Å². The van der Waals surface area contributed by atoms with Crippen LogP contribution in [0.2, 0.25) is 0 Å². The van der Waals surface area contributed by atoms with Gasteiger partial charge in [0.15, 0.2) is 0 Å². The SMILES string of the molecule is CC(C)/C=C/CN1CCN(C)CC1. The number of hydrogen-bond acceptors (Lipinski definition) is 2. The third-order valence-corrected chi connectivity index (χ3v) is 2.48. The third-order valence-electron chi connectivity index (χ3n) is 2.48. The van der Waals surface area contributed by atoms with Crippen LogP contribution >= 0.6 is 0 Å². The van der Waals surface area contributed by atoms with Crippen LogP contribution in [-0.2, 0) is 0 Å². The molecule has 0 saturated carbocycles. The van der Waals surface area contributed by atoms with E-state index in [4.69, 9.17) is 0 Å². The van der Waals surface area contributed by atoms with E-state index in [0.29, 0.717) is 5.92 Å². The van der Waals surface area contributed by atoms with Crippen molar-refractivity contribution in [2.75, 3.05) is 39.8 Å². The quantitative estimate of drug-likeness (QED) is 0.610. The molecule has 1 saturated heterocycles. The molecule has 0 radical (unpaired) electrons. The Hall–Kier alpha value is -0.340. The molecule has 76 valence electrons. The number of rotatable bonds is 3. The summed E-state index contributed by atoms with van der Waals surface area (Å²) < 4.78 is 0. The minimum Gasteiger partial charge on any atom is -0.304 e. The largest absolute Gasteiger partial charge is 0.304 e. The van der Waals surface area contributed by atoms with Crippen LogP contribution in [0, 0.1) is 5.92 Å². The summed E-state index contributed by atoms with van der Waals surface area (Å²) in [5, 5.41) is 0. The van der Waals surface area contributed by atoms with Gasteiger partial charge in [-0.2, -0.15) is 0 Å². The summed E-state index contributed by atoms with van der Waals surface area (Å²) in [6.45, 7) is 10.5. The molecule has 1 aliphatic heterocycles. The molecule has 2 nitrogen and oxygen atoms in total. The van der Waals surface area contributed by atoms with Gasteiger partial charge in [0.1, 0.15) is 0 Å². The molecule has 0 atom stereocenters. The highest BCUT2D eigenvalue weighted by Gasteiger charge is 2.11. The van der Waals surface area contributed by atoms with E-state index < -0.39 is 0 Å². The standard InChI is InChI=1S/C11H22N2/c1-11(2)5-4-6-13-9-7-12(3)8-10-13/h4-5,11H,6-10H2,1-3H3/b5-4+. The monoisotopic (exact) mass is 182 g/mol. The molecule has 1 fully saturated rings. The Balaban J connectivity index is 2.15. The third kappa shape index (κ3) is 4.44. The summed E-state index contributed by atoms with van der Waals surface area (Å²) >= 11 is 0. The second-order valence-corrected chi connectivity index (χ2v) is 4.28. The summed E-state index contributed by atoms with van der Waals surface area (Å²) in [5.41, 5.74) is 0. The lowest BCUT2D eigenvalue weighted by molar-refractivity contribution is 0.166. The second-order valence-electron chi connectivity index (χ2n) is 4.28. The molecular formula is C11H22N2. The first-order valence-electron chi connectivity index (χ1n) is 5.26. The van der Waals surface area contributed by atoms with Crippen LogP contribution in [0.5, 0.6) is 0 Å². The molecule has 1 rings (SSSR count). The predicted molar refractivity (Wildman–Crippen MR) is 57.9 cm³/mol. The number of allylic oxidation sites excluding steroid dienone is 1. The second kappa shape index (κ2) is 5.40. The molecule has 0 N–H and O–H groups in total. The van der Waals surface area contributed by atoms with Gasteiger partial charge in [0, 0.05) is 32.7 Å². The van der Waals surface area contributed by atoms with Gasteiger partial charge in [-0.05, 0) is 13.0 Å². The van der Waals surface area contributed by atoms with E-state index >= 15 is 0 Å². The van der Waals surface area contributed by atoms with E-state index in [1.165, 1.54) is 26.2 Å². The average Bonchev–Trinajstić information content (AvgIpc) is 2.08. The van der Waals surface area contributed by atoms with Gasteiger partial charge in [0.25, 0.3) is 0 Å². The van der Waals surface area contributed by atoms with E-state index in [9.17, 15) is 0 Å². The number of piperazine rings is 1. The smallest absolute Gasteiger partial charge is 0.0164 e. The van der Waals surface area contributed by atoms with Crippen molar-refractivity contribution in [2.24, 2.45) is 5.92 Å². The lowest BCUT2D eigenvalue weighted by Gasteiger charge is -2.31. The van der Waals surface area contributed by atoms with Gasteiger partial charge in [0.2, 0.25) is 0 Å². The molecule has 0 unspecified atom stereocenters. The fourth-order valence-corrected chi connectivity index (χ4v) is 1.51. The van der Waals surface area contributed by atoms with E-state index in [-0.39, 0.29) is 0 Å². The molecule has 0 amide bonds. The van der Waals surface area contributed by atoms with Crippen molar-refractivity contribution >= 4 is 0 Å². The molecule has 13 heavy (non-hydrogen) atoms. The number of hydrogen-bond donors (Lipinski definition) is 0. The molecule has 0 aliphatic carbocycles. The number of likely N-dealkylation sites (N-methyl/N-ethyl adjacent to an activating group) is 1. The minimum atomic E-state index is 0.687. The first kappa shape index (κ1) is 10.7. The van der Waals surface area contributed by atoms with E-state index in [1.54, 1.807) is 0 Å². The zero-order valence-corrected chi connectivity index (χ0v) is 9.16. The zero-order chi connectivity index (χ0) is 9.68. The fourth-order valence-electron chi connectivity index (χ4n) is 1.51. The van der Waals surface area contributed by atoms with Crippen LogP contribution in [0.1, 0.15) is 13.8 Å². The Morgan fingerprint density at radius 2 is 1.77 bits per heavy atom. The van der Waals surface area contributed by atoms with Gasteiger partial charge in [-0.1, -0.05) is 26.0 Å². The maximum absolute atomic E-state index is 2.51. The van der Waals surface area contributed by atoms with Crippen molar-refractivity contribution in [1.29, 1.82) is 0 Å². The lowest BCUT2D eigenvalue weighted by Crippen LogP contribution is -2.44. The normalized spacial score (nSPS) is 21.8. The molecule has 2 heteroatoms. The Labute approximate surface area is 82.2 Å². The summed E-state index contributed by atoms with van der Waals surface area (Å²) in [5.74, 6) is 0.687. The van der Waals surface area contributed by atoms with Crippen LogP contribution in [-0.4, -0.2) is 49.6 Å². The molecule has 0 aromatic rings. The highest BCUT2D eigenvalue weighted by molar-refractivity contribution is 4.88. The van der Waals surface area contributed by atoms with Gasteiger partial charge < -0.3 is 4.90 Å². The molecular weight excluding hydrogens is 160 g/mol. The van der Waals surface area contributed by atoms with Crippen LogP contribution in [0.3, 0.4) is 0 Å². The van der Waals surface area contributed by atoms with Crippen LogP contribution in [0.4, 0.5) is 0 Å². The van der Waals surface area contributed by atoms with E-state index in [1.807, 2.05) is 0 Å². The van der Waals surface area contributed by atoms with Gasteiger partial charge in [-0.25, -0.2) is 0 Å². The zero-order valence-electron chi connectivity index (χ0n) is 9.16. The van der Waals surface area contributed by atoms with Gasteiger partial charge >= 0.3 is 0 Å². The maximum atomic E-state index is 2.51. The van der Waals surface area contributed by atoms with Crippen molar-refractivity contribution < 1.29 is 0 Å². The Bertz CT molecular complexity index is 155. The average molecular weight is 182 g/mol. The lowest BCUT2D eigenvalue weighted by atomic mass is 10.2. The van der Waals surface area contributed by atoms with Gasteiger partial charge in [-0.3, -0.25) is 4.90 Å². The van der Waals surface area contributed by atoms with E-state index in [0.717, 1.165) is 6.54 Å². The highest BCUT2D eigenvalue weighted by atomic mass is 15.2. The summed E-state index contributed by atoms with van der Waals surface area (Å²) in [4.78, 5) is 4.90. The van der Waals surface area contributed by atoms with Crippen molar-refractivity contribution in [2.45, 2.75) is 13.8 Å². The van der Waals surface area contributed by atoms with Gasteiger partial charge in [0.05, 0.1) is 0 Å². The molecule has 0 aromatic heterocycles. The predicted octanol–water partition coefficient (Wildman–Crippen LogP) is 1.45. The molecule has 0 spiro atoms. The topological polar surface area (TPSA) is 6.48 Å². The van der Waals surface area contributed by atoms with Crippen LogP contribution < -0.4 is 0 Å². The molecule has 0 aromatic carbocycles. The van der Waals surface area contributed by atoms with Crippen molar-refractivity contribution in [1.82, 2.24) is 9.80 Å². The highest BCUT2D eigenvalue weighted by Crippen LogP contribution is 2.00. The summed E-state index contributed by atoms with van der Waals surface area (Å²) in [6.07, 6.45) is 4.59. The number of nitrogens with zero attached hydrogens (tertiary/aromatic N) is 2. The van der Waals surface area contributed by atoms with E-state index in [2.05, 4.69) is 42.8 Å². The molecule has 0 bridgehead atoms.